The van der Waals surface area contributed by atoms with Crippen LogP contribution >= 0.6 is 11.6 Å². The van der Waals surface area contributed by atoms with Gasteiger partial charge in [0.05, 0.1) is 16.9 Å². The highest BCUT2D eigenvalue weighted by molar-refractivity contribution is 6.33. The Morgan fingerprint density at radius 1 is 1.21 bits per heavy atom. The lowest BCUT2D eigenvalue weighted by Gasteiger charge is -2.32. The molecule has 0 bridgehead atoms. The number of hydrogen-bond acceptors (Lipinski definition) is 6. The third-order valence-electron chi connectivity index (χ3n) is 5.34. The summed E-state index contributed by atoms with van der Waals surface area (Å²) in [5, 5.41) is 7.52. The van der Waals surface area contributed by atoms with E-state index in [2.05, 4.69) is 27.4 Å². The first-order valence-electron chi connectivity index (χ1n) is 9.73. The Labute approximate surface area is 173 Å². The lowest BCUT2D eigenvalue weighted by molar-refractivity contribution is 0.482. The van der Waals surface area contributed by atoms with Crippen LogP contribution in [0.2, 0.25) is 5.02 Å². The fourth-order valence-corrected chi connectivity index (χ4v) is 4.10. The second kappa shape index (κ2) is 7.17. The smallest absolute Gasteiger partial charge is 0.166 e. The van der Waals surface area contributed by atoms with Crippen LogP contribution in [0.3, 0.4) is 0 Å². The SMILES string of the molecule is Cc1cccc(Cl)c1Nc1nc2ccc(N3CCN[C@H](C)C3)nc2n2cncc12. The summed E-state index contributed by atoms with van der Waals surface area (Å²) in [6, 6.07) is 10.3. The van der Waals surface area contributed by atoms with Crippen LogP contribution in [0.1, 0.15) is 12.5 Å². The quantitative estimate of drug-likeness (QED) is 0.538. The van der Waals surface area contributed by atoms with Crippen molar-refractivity contribution in [1.82, 2.24) is 24.7 Å². The van der Waals surface area contributed by atoms with Gasteiger partial charge in [0.1, 0.15) is 23.2 Å². The molecule has 0 spiro atoms. The van der Waals surface area contributed by atoms with E-state index < -0.39 is 0 Å². The van der Waals surface area contributed by atoms with Crippen LogP contribution in [0.15, 0.2) is 42.9 Å². The van der Waals surface area contributed by atoms with E-state index in [-0.39, 0.29) is 0 Å². The summed E-state index contributed by atoms with van der Waals surface area (Å²) in [7, 11) is 0. The van der Waals surface area contributed by atoms with Gasteiger partial charge >= 0.3 is 0 Å². The molecule has 29 heavy (non-hydrogen) atoms. The molecule has 5 rings (SSSR count). The largest absolute Gasteiger partial charge is 0.354 e. The van der Waals surface area contributed by atoms with E-state index in [1.54, 1.807) is 12.5 Å². The first kappa shape index (κ1) is 18.1. The normalized spacial score (nSPS) is 17.2. The monoisotopic (exact) mass is 407 g/mol. The first-order chi connectivity index (χ1) is 14.1. The molecule has 1 fully saturated rings. The zero-order valence-electron chi connectivity index (χ0n) is 16.4. The van der Waals surface area contributed by atoms with Crippen LogP contribution < -0.4 is 15.5 Å². The maximum Gasteiger partial charge on any atom is 0.166 e. The van der Waals surface area contributed by atoms with Crippen LogP contribution in [0.5, 0.6) is 0 Å². The van der Waals surface area contributed by atoms with Crippen molar-refractivity contribution < 1.29 is 0 Å². The van der Waals surface area contributed by atoms with Crippen molar-refractivity contribution in [3.05, 3.63) is 53.4 Å². The van der Waals surface area contributed by atoms with E-state index in [4.69, 9.17) is 21.6 Å². The minimum atomic E-state index is 0.443. The molecule has 7 nitrogen and oxygen atoms in total. The summed E-state index contributed by atoms with van der Waals surface area (Å²) in [4.78, 5) is 16.4. The molecule has 148 valence electrons. The number of imidazole rings is 1. The van der Waals surface area contributed by atoms with Crippen LogP contribution in [0.25, 0.3) is 16.7 Å². The molecule has 2 N–H and O–H groups in total. The van der Waals surface area contributed by atoms with Gasteiger partial charge in [-0.1, -0.05) is 23.7 Å². The summed E-state index contributed by atoms with van der Waals surface area (Å²) in [6.07, 6.45) is 3.57. The first-order valence-corrected chi connectivity index (χ1v) is 10.1. The average Bonchev–Trinajstić information content (AvgIpc) is 3.21. The molecule has 4 aromatic rings. The molecule has 0 aliphatic carbocycles. The van der Waals surface area contributed by atoms with Gasteiger partial charge in [-0.3, -0.25) is 4.40 Å². The minimum absolute atomic E-state index is 0.443. The van der Waals surface area contributed by atoms with Crippen molar-refractivity contribution in [2.75, 3.05) is 29.9 Å². The van der Waals surface area contributed by atoms with E-state index in [0.29, 0.717) is 16.9 Å². The molecule has 0 radical (unpaired) electrons. The summed E-state index contributed by atoms with van der Waals surface area (Å²) in [5.41, 5.74) is 4.36. The van der Waals surface area contributed by atoms with Crippen molar-refractivity contribution >= 4 is 45.6 Å². The molecular formula is C21H22ClN7. The topological polar surface area (TPSA) is 70.4 Å². The zero-order chi connectivity index (χ0) is 20.0. The number of aryl methyl sites for hydroxylation is 1. The highest BCUT2D eigenvalue weighted by atomic mass is 35.5. The summed E-state index contributed by atoms with van der Waals surface area (Å²) < 4.78 is 1.98. The Bertz CT molecular complexity index is 1180. The van der Waals surface area contributed by atoms with E-state index >= 15 is 0 Å². The predicted octanol–water partition coefficient (Wildman–Crippen LogP) is 3.78. The molecule has 0 saturated carbocycles. The number of benzene rings is 1. The molecule has 3 aromatic heterocycles. The summed E-state index contributed by atoms with van der Waals surface area (Å²) in [6.45, 7) is 7.04. The number of halogens is 1. The second-order valence-electron chi connectivity index (χ2n) is 7.48. The van der Waals surface area contributed by atoms with E-state index in [1.807, 2.05) is 41.7 Å². The Kier molecular flexibility index (Phi) is 4.49. The number of aromatic nitrogens is 4. The number of nitrogens with zero attached hydrogens (tertiary/aromatic N) is 5. The van der Waals surface area contributed by atoms with Crippen molar-refractivity contribution in [2.45, 2.75) is 19.9 Å². The lowest BCUT2D eigenvalue weighted by atomic mass is 10.2. The number of fused-ring (bicyclic) bond motifs is 3. The number of rotatable bonds is 3. The van der Waals surface area contributed by atoms with Gasteiger partial charge in [0.25, 0.3) is 0 Å². The molecule has 0 amide bonds. The second-order valence-corrected chi connectivity index (χ2v) is 7.89. The number of para-hydroxylation sites is 1. The van der Waals surface area contributed by atoms with E-state index in [0.717, 1.165) is 53.4 Å². The predicted molar refractivity (Wildman–Crippen MR) is 117 cm³/mol. The fourth-order valence-electron chi connectivity index (χ4n) is 3.83. The minimum Gasteiger partial charge on any atom is -0.354 e. The van der Waals surface area contributed by atoms with Crippen molar-refractivity contribution in [3.63, 3.8) is 0 Å². The van der Waals surface area contributed by atoms with Gasteiger partial charge in [-0.2, -0.15) is 0 Å². The maximum atomic E-state index is 6.41. The van der Waals surface area contributed by atoms with Gasteiger partial charge in [0.15, 0.2) is 11.5 Å². The zero-order valence-corrected chi connectivity index (χ0v) is 17.1. The molecule has 1 aliphatic heterocycles. The van der Waals surface area contributed by atoms with E-state index in [1.165, 1.54) is 0 Å². The van der Waals surface area contributed by atoms with Gasteiger partial charge in [0, 0.05) is 25.7 Å². The average molecular weight is 408 g/mol. The van der Waals surface area contributed by atoms with Gasteiger partial charge < -0.3 is 15.5 Å². The Morgan fingerprint density at radius 3 is 2.93 bits per heavy atom. The molecule has 1 saturated heterocycles. The van der Waals surface area contributed by atoms with Crippen molar-refractivity contribution in [1.29, 1.82) is 0 Å². The van der Waals surface area contributed by atoms with Crippen LogP contribution in [-0.4, -0.2) is 45.0 Å². The summed E-state index contributed by atoms with van der Waals surface area (Å²) >= 11 is 6.41. The molecular weight excluding hydrogens is 386 g/mol. The lowest BCUT2D eigenvalue weighted by Crippen LogP contribution is -2.49. The fraction of sp³-hybridized carbons (Fsp3) is 0.286. The number of nitrogens with one attached hydrogen (secondary N) is 2. The van der Waals surface area contributed by atoms with Gasteiger partial charge in [0.2, 0.25) is 0 Å². The Balaban J connectivity index is 1.60. The van der Waals surface area contributed by atoms with Gasteiger partial charge in [-0.15, -0.1) is 0 Å². The molecule has 8 heteroatoms. The Morgan fingerprint density at radius 2 is 2.10 bits per heavy atom. The number of anilines is 3. The highest BCUT2D eigenvalue weighted by Gasteiger charge is 2.19. The van der Waals surface area contributed by atoms with Crippen LogP contribution in [-0.2, 0) is 0 Å². The molecule has 1 atom stereocenters. The molecule has 1 aromatic carbocycles. The Hall–Kier alpha value is -2.90. The summed E-state index contributed by atoms with van der Waals surface area (Å²) in [5.74, 6) is 1.67. The third kappa shape index (κ3) is 3.26. The van der Waals surface area contributed by atoms with Gasteiger partial charge in [-0.05, 0) is 37.6 Å². The third-order valence-corrected chi connectivity index (χ3v) is 5.65. The molecule has 1 aliphatic rings. The maximum absolute atomic E-state index is 6.41. The highest BCUT2D eigenvalue weighted by Crippen LogP contribution is 2.31. The van der Waals surface area contributed by atoms with Gasteiger partial charge in [-0.25, -0.2) is 15.0 Å². The van der Waals surface area contributed by atoms with Crippen molar-refractivity contribution in [2.24, 2.45) is 0 Å². The van der Waals surface area contributed by atoms with Crippen molar-refractivity contribution in [3.8, 4) is 0 Å². The van der Waals surface area contributed by atoms with Crippen LogP contribution in [0, 0.1) is 6.92 Å². The van der Waals surface area contributed by atoms with E-state index in [9.17, 15) is 0 Å². The molecule has 0 unspecified atom stereocenters. The standard InChI is InChI=1S/C21H22ClN7/c1-13-4-3-5-15(22)19(13)27-20-17-10-23-12-29(17)21-16(25-20)6-7-18(26-21)28-9-8-24-14(2)11-28/h3-7,10,12,14,24H,8-9,11H2,1-2H3,(H,25,27)/t14-/m1/s1. The number of pyridine rings is 1. The van der Waals surface area contributed by atoms with Crippen LogP contribution in [0.4, 0.5) is 17.3 Å². The number of hydrogen-bond donors (Lipinski definition) is 2. The molecule has 4 heterocycles. The number of piperazine rings is 1.